The van der Waals surface area contributed by atoms with Gasteiger partial charge in [-0.05, 0) is 25.0 Å². The smallest absolute Gasteiger partial charge is 0.261 e. The lowest BCUT2D eigenvalue weighted by Crippen LogP contribution is -2.23. The van der Waals surface area contributed by atoms with E-state index in [0.717, 1.165) is 18.4 Å². The van der Waals surface area contributed by atoms with Crippen molar-refractivity contribution in [1.29, 1.82) is 0 Å². The fourth-order valence-corrected chi connectivity index (χ4v) is 1.39. The lowest BCUT2D eigenvalue weighted by Gasteiger charge is -2.06. The highest BCUT2D eigenvalue weighted by Gasteiger charge is 2.02. The molecule has 76 valence electrons. The van der Waals surface area contributed by atoms with Gasteiger partial charge in [0.2, 0.25) is 0 Å². The summed E-state index contributed by atoms with van der Waals surface area (Å²) in [5.41, 5.74) is 1.02. The van der Waals surface area contributed by atoms with Crippen LogP contribution in [-0.4, -0.2) is 10.9 Å². The molecule has 1 rings (SSSR count). The Morgan fingerprint density at radius 3 is 2.79 bits per heavy atom. The quantitative estimate of drug-likeness (QED) is 0.683. The standard InChI is InChI=1S/C11H15NO2/c1-3-4-5-12-7-9(2)6-10(8-13)11(12)14/h6-8H,3-5H2,1-2H3. The number of aromatic nitrogens is 1. The van der Waals surface area contributed by atoms with Gasteiger partial charge in [-0.2, -0.15) is 0 Å². The molecule has 0 saturated heterocycles. The molecule has 1 aromatic rings. The van der Waals surface area contributed by atoms with Crippen LogP contribution in [0.15, 0.2) is 17.1 Å². The van der Waals surface area contributed by atoms with E-state index in [1.54, 1.807) is 16.8 Å². The molecule has 0 aromatic carbocycles. The first-order valence-corrected chi connectivity index (χ1v) is 4.85. The number of hydrogen-bond donors (Lipinski definition) is 0. The zero-order chi connectivity index (χ0) is 10.6. The Kier molecular flexibility index (Phi) is 3.63. The van der Waals surface area contributed by atoms with Crippen molar-refractivity contribution in [3.8, 4) is 0 Å². The number of carbonyl (C=O) groups excluding carboxylic acids is 1. The molecule has 0 radical (unpaired) electrons. The van der Waals surface area contributed by atoms with Crippen molar-refractivity contribution in [2.75, 3.05) is 0 Å². The van der Waals surface area contributed by atoms with Crippen LogP contribution in [0.4, 0.5) is 0 Å². The van der Waals surface area contributed by atoms with Gasteiger partial charge in [0.25, 0.3) is 5.56 Å². The van der Waals surface area contributed by atoms with Gasteiger partial charge in [0.1, 0.15) is 0 Å². The van der Waals surface area contributed by atoms with E-state index in [9.17, 15) is 9.59 Å². The van der Waals surface area contributed by atoms with E-state index in [0.29, 0.717) is 12.8 Å². The highest BCUT2D eigenvalue weighted by atomic mass is 16.1. The van der Waals surface area contributed by atoms with Crippen LogP contribution in [0.5, 0.6) is 0 Å². The molecule has 0 bridgehead atoms. The molecule has 0 aliphatic heterocycles. The molecular formula is C11H15NO2. The Labute approximate surface area is 83.4 Å². The number of pyridine rings is 1. The summed E-state index contributed by atoms with van der Waals surface area (Å²) in [5, 5.41) is 0. The molecule has 0 saturated carbocycles. The SMILES string of the molecule is CCCCn1cc(C)cc(C=O)c1=O. The summed E-state index contributed by atoms with van der Waals surface area (Å²) in [6.07, 6.45) is 4.42. The average molecular weight is 193 g/mol. The molecule has 0 N–H and O–H groups in total. The van der Waals surface area contributed by atoms with E-state index in [-0.39, 0.29) is 11.1 Å². The lowest BCUT2D eigenvalue weighted by molar-refractivity contribution is 0.112. The Morgan fingerprint density at radius 2 is 2.21 bits per heavy atom. The van der Waals surface area contributed by atoms with Crippen LogP contribution in [-0.2, 0) is 6.54 Å². The summed E-state index contributed by atoms with van der Waals surface area (Å²) in [7, 11) is 0. The Hall–Kier alpha value is -1.38. The topological polar surface area (TPSA) is 39.1 Å². The van der Waals surface area contributed by atoms with Gasteiger partial charge in [0, 0.05) is 12.7 Å². The maximum atomic E-state index is 11.6. The number of nitrogens with zero attached hydrogens (tertiary/aromatic N) is 1. The zero-order valence-corrected chi connectivity index (χ0v) is 8.62. The fraction of sp³-hybridized carbons (Fsp3) is 0.455. The molecule has 0 aliphatic rings. The number of aryl methyl sites for hydroxylation is 2. The van der Waals surface area contributed by atoms with Gasteiger partial charge in [0.15, 0.2) is 6.29 Å². The number of unbranched alkanes of at least 4 members (excludes halogenated alkanes) is 1. The van der Waals surface area contributed by atoms with Gasteiger partial charge in [-0.15, -0.1) is 0 Å². The minimum absolute atomic E-state index is 0.181. The maximum Gasteiger partial charge on any atom is 0.261 e. The Balaban J connectivity index is 3.09. The van der Waals surface area contributed by atoms with Crippen LogP contribution in [0.1, 0.15) is 35.7 Å². The molecule has 3 nitrogen and oxygen atoms in total. The molecule has 1 aromatic heterocycles. The summed E-state index contributed by atoms with van der Waals surface area (Å²) in [6.45, 7) is 4.65. The van der Waals surface area contributed by atoms with E-state index in [4.69, 9.17) is 0 Å². The van der Waals surface area contributed by atoms with Crippen LogP contribution in [0.25, 0.3) is 0 Å². The highest BCUT2D eigenvalue weighted by molar-refractivity contribution is 5.74. The van der Waals surface area contributed by atoms with Crippen LogP contribution in [0.2, 0.25) is 0 Å². The number of rotatable bonds is 4. The average Bonchev–Trinajstić information content (AvgIpc) is 2.18. The third-order valence-electron chi connectivity index (χ3n) is 2.13. The highest BCUT2D eigenvalue weighted by Crippen LogP contribution is 1.99. The summed E-state index contributed by atoms with van der Waals surface area (Å²) >= 11 is 0. The van der Waals surface area contributed by atoms with E-state index in [2.05, 4.69) is 6.92 Å². The molecule has 0 unspecified atom stereocenters. The second-order valence-electron chi connectivity index (χ2n) is 3.44. The van der Waals surface area contributed by atoms with Crippen molar-refractivity contribution in [2.45, 2.75) is 33.2 Å². The monoisotopic (exact) mass is 193 g/mol. The van der Waals surface area contributed by atoms with Crippen molar-refractivity contribution in [3.63, 3.8) is 0 Å². The number of carbonyl (C=O) groups is 1. The van der Waals surface area contributed by atoms with Crippen molar-refractivity contribution in [3.05, 3.63) is 33.7 Å². The maximum absolute atomic E-state index is 11.6. The van der Waals surface area contributed by atoms with Gasteiger partial charge < -0.3 is 4.57 Å². The Morgan fingerprint density at radius 1 is 1.50 bits per heavy atom. The first-order valence-electron chi connectivity index (χ1n) is 4.85. The summed E-state index contributed by atoms with van der Waals surface area (Å²) in [6, 6.07) is 1.62. The van der Waals surface area contributed by atoms with E-state index in [1.165, 1.54) is 0 Å². The second-order valence-corrected chi connectivity index (χ2v) is 3.44. The predicted molar refractivity (Wildman–Crippen MR) is 55.7 cm³/mol. The van der Waals surface area contributed by atoms with Crippen LogP contribution < -0.4 is 5.56 Å². The summed E-state index contributed by atoms with van der Waals surface area (Å²) < 4.78 is 1.61. The summed E-state index contributed by atoms with van der Waals surface area (Å²) in [4.78, 5) is 22.2. The molecule has 0 fully saturated rings. The minimum Gasteiger partial charge on any atom is -0.315 e. The Bertz CT molecular complexity index is 379. The number of aldehydes is 1. The molecule has 1 heterocycles. The minimum atomic E-state index is -0.181. The van der Waals surface area contributed by atoms with Gasteiger partial charge >= 0.3 is 0 Å². The van der Waals surface area contributed by atoms with Crippen molar-refractivity contribution < 1.29 is 4.79 Å². The van der Waals surface area contributed by atoms with Crippen molar-refractivity contribution >= 4 is 6.29 Å². The normalized spacial score (nSPS) is 10.1. The molecule has 0 amide bonds. The first kappa shape index (κ1) is 10.7. The van der Waals surface area contributed by atoms with Crippen molar-refractivity contribution in [2.24, 2.45) is 0 Å². The largest absolute Gasteiger partial charge is 0.315 e. The van der Waals surface area contributed by atoms with Gasteiger partial charge in [-0.25, -0.2) is 0 Å². The first-order chi connectivity index (χ1) is 6.69. The molecule has 0 spiro atoms. The molecule has 0 aliphatic carbocycles. The van der Waals surface area contributed by atoms with Crippen molar-refractivity contribution in [1.82, 2.24) is 4.57 Å². The lowest BCUT2D eigenvalue weighted by atomic mass is 10.2. The van der Waals surface area contributed by atoms with E-state index < -0.39 is 0 Å². The van der Waals surface area contributed by atoms with Crippen LogP contribution in [0.3, 0.4) is 0 Å². The molecular weight excluding hydrogens is 178 g/mol. The second kappa shape index (κ2) is 4.74. The fourth-order valence-electron chi connectivity index (χ4n) is 1.39. The van der Waals surface area contributed by atoms with Gasteiger partial charge in [-0.1, -0.05) is 13.3 Å². The molecule has 0 atom stereocenters. The summed E-state index contributed by atoms with van der Waals surface area (Å²) in [5.74, 6) is 0. The van der Waals surface area contributed by atoms with Gasteiger partial charge in [0.05, 0.1) is 5.56 Å². The van der Waals surface area contributed by atoms with E-state index >= 15 is 0 Å². The van der Waals surface area contributed by atoms with E-state index in [1.807, 2.05) is 6.92 Å². The van der Waals surface area contributed by atoms with Crippen LogP contribution in [0, 0.1) is 6.92 Å². The van der Waals surface area contributed by atoms with Crippen LogP contribution >= 0.6 is 0 Å². The zero-order valence-electron chi connectivity index (χ0n) is 8.62. The molecule has 14 heavy (non-hydrogen) atoms. The molecule has 3 heteroatoms. The third-order valence-corrected chi connectivity index (χ3v) is 2.13. The third kappa shape index (κ3) is 2.31. The predicted octanol–water partition coefficient (Wildman–Crippen LogP) is 1.77. The van der Waals surface area contributed by atoms with Gasteiger partial charge in [-0.3, -0.25) is 9.59 Å². The number of hydrogen-bond acceptors (Lipinski definition) is 2.